The smallest absolute Gasteiger partial charge is 0.176 e. The summed E-state index contributed by atoms with van der Waals surface area (Å²) in [6, 6.07) is 0.952. The van der Waals surface area contributed by atoms with E-state index in [0.29, 0.717) is 24.8 Å². The maximum absolute atomic E-state index is 6.21. The fraction of sp³-hybridized carbons (Fsp3) is 0.889. The standard InChI is InChI=1S/C18H32N4O2/c1-17(2,3)24-14-9-13(18(14,4)5)19-12-7-8-16-20-15(11-23-6)21-22(16)10-12/h12-14,19H,7-11H2,1-6H3. The summed E-state index contributed by atoms with van der Waals surface area (Å²) >= 11 is 0. The number of aromatic nitrogens is 3. The topological polar surface area (TPSA) is 61.2 Å². The molecule has 1 aliphatic carbocycles. The molecule has 24 heavy (non-hydrogen) atoms. The van der Waals surface area contributed by atoms with Gasteiger partial charge in [0.1, 0.15) is 12.4 Å². The highest BCUT2D eigenvalue weighted by Crippen LogP contribution is 2.44. The van der Waals surface area contributed by atoms with Crippen LogP contribution in [-0.2, 0) is 29.0 Å². The molecule has 0 bridgehead atoms. The lowest BCUT2D eigenvalue weighted by Gasteiger charge is -2.54. The van der Waals surface area contributed by atoms with Crippen LogP contribution in [0.25, 0.3) is 0 Å². The number of hydrogen-bond acceptors (Lipinski definition) is 5. The lowest BCUT2D eigenvalue weighted by molar-refractivity contribution is -0.174. The van der Waals surface area contributed by atoms with Crippen LogP contribution in [-0.4, -0.2) is 45.7 Å². The summed E-state index contributed by atoms with van der Waals surface area (Å²) in [7, 11) is 1.68. The number of nitrogens with one attached hydrogen (secondary N) is 1. The Labute approximate surface area is 145 Å². The zero-order valence-electron chi connectivity index (χ0n) is 15.9. The third-order valence-corrected chi connectivity index (χ3v) is 5.29. The highest BCUT2D eigenvalue weighted by atomic mass is 16.5. The molecule has 136 valence electrons. The molecule has 0 saturated heterocycles. The van der Waals surface area contributed by atoms with Crippen molar-refractivity contribution in [2.24, 2.45) is 5.41 Å². The molecule has 6 nitrogen and oxygen atoms in total. The highest BCUT2D eigenvalue weighted by Gasteiger charge is 2.50. The number of hydrogen-bond donors (Lipinski definition) is 1. The van der Waals surface area contributed by atoms with Crippen molar-refractivity contribution < 1.29 is 9.47 Å². The summed E-state index contributed by atoms with van der Waals surface area (Å²) in [6.45, 7) is 12.4. The SMILES string of the molecule is COCc1nc2n(n1)CC(NC1CC(OC(C)(C)C)C1(C)C)CC2. The fourth-order valence-electron chi connectivity index (χ4n) is 3.77. The summed E-state index contributed by atoms with van der Waals surface area (Å²) in [4.78, 5) is 4.55. The van der Waals surface area contributed by atoms with Gasteiger partial charge in [0.15, 0.2) is 5.82 Å². The van der Waals surface area contributed by atoms with E-state index in [2.05, 4.69) is 50.0 Å². The molecule has 0 spiro atoms. The zero-order chi connectivity index (χ0) is 17.5. The third-order valence-electron chi connectivity index (χ3n) is 5.29. The Bertz CT molecular complexity index is 576. The summed E-state index contributed by atoms with van der Waals surface area (Å²) in [5.41, 5.74) is 0.0856. The minimum atomic E-state index is -0.0782. The second-order valence-electron chi connectivity index (χ2n) is 8.79. The lowest BCUT2D eigenvalue weighted by Crippen LogP contribution is -2.64. The van der Waals surface area contributed by atoms with E-state index >= 15 is 0 Å². The first-order valence-corrected chi connectivity index (χ1v) is 9.04. The summed E-state index contributed by atoms with van der Waals surface area (Å²) in [5.74, 6) is 1.87. The van der Waals surface area contributed by atoms with Crippen molar-refractivity contribution in [2.45, 2.75) is 90.8 Å². The molecule has 2 heterocycles. The number of ether oxygens (including phenoxy) is 2. The van der Waals surface area contributed by atoms with Gasteiger partial charge in [-0.25, -0.2) is 9.67 Å². The Hall–Kier alpha value is -0.980. The quantitative estimate of drug-likeness (QED) is 0.894. The number of aryl methyl sites for hydroxylation is 1. The van der Waals surface area contributed by atoms with E-state index in [1.165, 1.54) is 0 Å². The number of nitrogens with zero attached hydrogens (tertiary/aromatic N) is 3. The van der Waals surface area contributed by atoms with Crippen LogP contribution in [0, 0.1) is 5.41 Å². The Morgan fingerprint density at radius 1 is 1.33 bits per heavy atom. The third kappa shape index (κ3) is 3.65. The minimum absolute atomic E-state index is 0.0782. The molecule has 2 aliphatic rings. The zero-order valence-corrected chi connectivity index (χ0v) is 15.9. The fourth-order valence-corrected chi connectivity index (χ4v) is 3.77. The van der Waals surface area contributed by atoms with Gasteiger partial charge in [0, 0.05) is 31.0 Å². The van der Waals surface area contributed by atoms with Crippen molar-refractivity contribution in [1.29, 1.82) is 0 Å². The summed E-state index contributed by atoms with van der Waals surface area (Å²) in [5, 5.41) is 8.40. The Balaban J connectivity index is 1.56. The number of fused-ring (bicyclic) bond motifs is 1. The van der Waals surface area contributed by atoms with Gasteiger partial charge in [-0.3, -0.25) is 0 Å². The second-order valence-corrected chi connectivity index (χ2v) is 8.79. The molecule has 3 unspecified atom stereocenters. The maximum atomic E-state index is 6.21. The Kier molecular flexibility index (Phi) is 4.75. The van der Waals surface area contributed by atoms with Gasteiger partial charge < -0.3 is 14.8 Å². The van der Waals surface area contributed by atoms with E-state index in [0.717, 1.165) is 37.5 Å². The van der Waals surface area contributed by atoms with E-state index in [-0.39, 0.29) is 11.0 Å². The predicted molar refractivity (Wildman–Crippen MR) is 92.8 cm³/mol. The first-order valence-electron chi connectivity index (χ1n) is 9.04. The molecule has 0 amide bonds. The highest BCUT2D eigenvalue weighted by molar-refractivity contribution is 5.06. The van der Waals surface area contributed by atoms with Crippen molar-refractivity contribution >= 4 is 0 Å². The van der Waals surface area contributed by atoms with Crippen molar-refractivity contribution in [3.05, 3.63) is 11.6 Å². The molecule has 1 aliphatic heterocycles. The molecule has 1 saturated carbocycles. The average Bonchev–Trinajstić information content (AvgIpc) is 2.87. The van der Waals surface area contributed by atoms with Crippen LogP contribution in [0.2, 0.25) is 0 Å². The van der Waals surface area contributed by atoms with Gasteiger partial charge in [0.25, 0.3) is 0 Å². The van der Waals surface area contributed by atoms with Gasteiger partial charge >= 0.3 is 0 Å². The predicted octanol–water partition coefficient (Wildman–Crippen LogP) is 2.31. The van der Waals surface area contributed by atoms with E-state index in [1.54, 1.807) is 7.11 Å². The van der Waals surface area contributed by atoms with Crippen LogP contribution in [0.5, 0.6) is 0 Å². The van der Waals surface area contributed by atoms with Crippen LogP contribution in [0.3, 0.4) is 0 Å². The van der Waals surface area contributed by atoms with Crippen LogP contribution in [0.4, 0.5) is 0 Å². The van der Waals surface area contributed by atoms with Gasteiger partial charge in [-0.05, 0) is 33.6 Å². The molecule has 0 aromatic carbocycles. The second kappa shape index (κ2) is 6.39. The number of methoxy groups -OCH3 is 1. The summed E-state index contributed by atoms with van der Waals surface area (Å²) < 4.78 is 13.4. The molecular formula is C18H32N4O2. The van der Waals surface area contributed by atoms with Crippen molar-refractivity contribution in [3.8, 4) is 0 Å². The van der Waals surface area contributed by atoms with Crippen molar-refractivity contribution in [2.75, 3.05) is 7.11 Å². The maximum Gasteiger partial charge on any atom is 0.176 e. The molecule has 3 atom stereocenters. The van der Waals surface area contributed by atoms with E-state index in [4.69, 9.17) is 9.47 Å². The van der Waals surface area contributed by atoms with Gasteiger partial charge in [-0.15, -0.1) is 0 Å². The van der Waals surface area contributed by atoms with Crippen LogP contribution in [0.1, 0.15) is 59.1 Å². The Morgan fingerprint density at radius 2 is 2.08 bits per heavy atom. The van der Waals surface area contributed by atoms with Crippen molar-refractivity contribution in [1.82, 2.24) is 20.1 Å². The van der Waals surface area contributed by atoms with Crippen LogP contribution < -0.4 is 5.32 Å². The van der Waals surface area contributed by atoms with Crippen LogP contribution in [0.15, 0.2) is 0 Å². The lowest BCUT2D eigenvalue weighted by atomic mass is 9.64. The van der Waals surface area contributed by atoms with Gasteiger partial charge in [0.05, 0.1) is 18.2 Å². The first-order chi connectivity index (χ1) is 11.2. The molecule has 0 radical (unpaired) electrons. The molecule has 6 heteroatoms. The molecule has 3 rings (SSSR count). The van der Waals surface area contributed by atoms with E-state index in [1.807, 2.05) is 4.68 Å². The largest absolute Gasteiger partial charge is 0.377 e. The average molecular weight is 336 g/mol. The molecule has 1 fully saturated rings. The first kappa shape index (κ1) is 17.8. The van der Waals surface area contributed by atoms with Gasteiger partial charge in [-0.2, -0.15) is 5.10 Å². The number of rotatable bonds is 5. The molecule has 1 N–H and O–H groups in total. The van der Waals surface area contributed by atoms with E-state index in [9.17, 15) is 0 Å². The Morgan fingerprint density at radius 3 is 2.71 bits per heavy atom. The normalized spacial score (nSPS) is 29.2. The minimum Gasteiger partial charge on any atom is -0.377 e. The molecule has 1 aromatic heterocycles. The molecule has 1 aromatic rings. The monoisotopic (exact) mass is 336 g/mol. The summed E-state index contributed by atoms with van der Waals surface area (Å²) in [6.07, 6.45) is 3.50. The van der Waals surface area contributed by atoms with Gasteiger partial charge in [-0.1, -0.05) is 13.8 Å². The van der Waals surface area contributed by atoms with Crippen molar-refractivity contribution in [3.63, 3.8) is 0 Å². The van der Waals surface area contributed by atoms with Crippen LogP contribution >= 0.6 is 0 Å². The van der Waals surface area contributed by atoms with Gasteiger partial charge in [0.2, 0.25) is 0 Å². The molecular weight excluding hydrogens is 304 g/mol. The van der Waals surface area contributed by atoms with E-state index < -0.39 is 0 Å².